The van der Waals surface area contributed by atoms with Crippen molar-refractivity contribution >= 4 is 26.5 Å². The molecule has 3 nitrogen and oxygen atoms in total. The third-order valence-electron chi connectivity index (χ3n) is 4.04. The van der Waals surface area contributed by atoms with Gasteiger partial charge >= 0.3 is 0 Å². The molecule has 110 valence electrons. The fraction of sp³-hybridized carbons (Fsp3) is 0.167. The van der Waals surface area contributed by atoms with Crippen LogP contribution in [0.2, 0.25) is 0 Å². The van der Waals surface area contributed by atoms with E-state index in [1.54, 1.807) is 11.3 Å². The number of para-hydroxylation sites is 1. The van der Waals surface area contributed by atoms with Gasteiger partial charge in [-0.15, -0.1) is 0 Å². The summed E-state index contributed by atoms with van der Waals surface area (Å²) in [6.45, 7) is 2.83. The molecule has 4 heteroatoms. The highest BCUT2D eigenvalue weighted by Crippen LogP contribution is 2.32. The summed E-state index contributed by atoms with van der Waals surface area (Å²) in [6.07, 6.45) is 0.919. The number of benzene rings is 2. The van der Waals surface area contributed by atoms with Gasteiger partial charge in [0.25, 0.3) is 0 Å². The summed E-state index contributed by atoms with van der Waals surface area (Å²) < 4.78 is 3.53. The summed E-state index contributed by atoms with van der Waals surface area (Å²) >= 11 is 1.74. The molecule has 0 aliphatic heterocycles. The molecule has 0 fully saturated rings. The fourth-order valence-corrected chi connectivity index (χ4v) is 3.99. The largest absolute Gasteiger partial charge is 0.330 e. The van der Waals surface area contributed by atoms with Crippen LogP contribution in [-0.4, -0.2) is 15.9 Å². The van der Waals surface area contributed by atoms with E-state index < -0.39 is 0 Å². The highest BCUT2D eigenvalue weighted by Gasteiger charge is 2.14. The molecule has 4 rings (SSSR count). The van der Waals surface area contributed by atoms with Gasteiger partial charge in [0, 0.05) is 11.3 Å². The molecule has 0 aliphatic carbocycles. The van der Waals surface area contributed by atoms with Crippen molar-refractivity contribution < 1.29 is 0 Å². The Bertz CT molecular complexity index is 948. The van der Waals surface area contributed by atoms with Crippen LogP contribution in [0.15, 0.2) is 48.5 Å². The Balaban J connectivity index is 1.86. The van der Waals surface area contributed by atoms with Crippen LogP contribution in [0, 0.1) is 6.92 Å². The maximum absolute atomic E-state index is 5.61. The summed E-state index contributed by atoms with van der Waals surface area (Å²) in [4.78, 5) is 5.91. The molecule has 0 aliphatic rings. The monoisotopic (exact) mass is 307 g/mol. The van der Waals surface area contributed by atoms with Gasteiger partial charge in [-0.1, -0.05) is 47.7 Å². The van der Waals surface area contributed by atoms with Crippen molar-refractivity contribution in [3.63, 3.8) is 0 Å². The minimum absolute atomic E-state index is 0.685. The Kier molecular flexibility index (Phi) is 3.21. The van der Waals surface area contributed by atoms with E-state index in [2.05, 4.69) is 59.9 Å². The lowest BCUT2D eigenvalue weighted by molar-refractivity contribution is 0.969. The molecule has 0 unspecified atom stereocenters. The smallest absolute Gasteiger partial charge is 0.195 e. The first-order valence-electron chi connectivity index (χ1n) is 7.44. The third-order valence-corrected chi connectivity index (χ3v) is 5.07. The third kappa shape index (κ3) is 2.03. The number of imidazole rings is 1. The number of aromatic nitrogens is 2. The minimum atomic E-state index is 0.685. The summed E-state index contributed by atoms with van der Waals surface area (Å²) in [5.41, 5.74) is 11.5. The van der Waals surface area contributed by atoms with Gasteiger partial charge in [0.2, 0.25) is 0 Å². The van der Waals surface area contributed by atoms with E-state index in [0.717, 1.165) is 17.1 Å². The predicted molar refractivity (Wildman–Crippen MR) is 93.5 cm³/mol. The normalized spacial score (nSPS) is 11.5. The second kappa shape index (κ2) is 5.23. The molecule has 2 aromatic heterocycles. The topological polar surface area (TPSA) is 43.3 Å². The molecule has 0 radical (unpaired) electrons. The van der Waals surface area contributed by atoms with E-state index in [9.17, 15) is 0 Å². The number of hydrogen-bond acceptors (Lipinski definition) is 3. The quantitative estimate of drug-likeness (QED) is 0.621. The summed E-state index contributed by atoms with van der Waals surface area (Å²) in [5.74, 6) is 0. The number of aryl methyl sites for hydroxylation is 1. The molecule has 0 amide bonds. The Labute approximate surface area is 133 Å². The molecular formula is C18H17N3S. The van der Waals surface area contributed by atoms with Gasteiger partial charge in [0.15, 0.2) is 4.96 Å². The van der Waals surface area contributed by atoms with Crippen LogP contribution in [0.3, 0.4) is 0 Å². The number of rotatable bonds is 3. The van der Waals surface area contributed by atoms with Crippen molar-refractivity contribution in [2.24, 2.45) is 5.73 Å². The van der Waals surface area contributed by atoms with E-state index in [-0.39, 0.29) is 0 Å². The first kappa shape index (κ1) is 13.5. The second-order valence-electron chi connectivity index (χ2n) is 5.47. The van der Waals surface area contributed by atoms with Gasteiger partial charge < -0.3 is 5.73 Å². The lowest BCUT2D eigenvalue weighted by atomic mass is 10.1. The standard InChI is InChI=1S/C18H17N3S/c1-12-17(14-8-6-13(7-9-14)10-11-19)20-18-21(12)15-4-2-3-5-16(15)22-18/h2-9H,10-11,19H2,1H3. The van der Waals surface area contributed by atoms with Gasteiger partial charge in [0.1, 0.15) is 0 Å². The molecule has 0 saturated carbocycles. The van der Waals surface area contributed by atoms with E-state index in [4.69, 9.17) is 10.7 Å². The zero-order valence-electron chi connectivity index (χ0n) is 12.4. The average molecular weight is 307 g/mol. The van der Waals surface area contributed by atoms with Crippen LogP contribution in [0.4, 0.5) is 0 Å². The Hall–Kier alpha value is -2.17. The molecule has 2 N–H and O–H groups in total. The summed E-state index contributed by atoms with van der Waals surface area (Å²) in [6, 6.07) is 17.0. The van der Waals surface area contributed by atoms with E-state index in [1.165, 1.54) is 27.0 Å². The Morgan fingerprint density at radius 2 is 1.86 bits per heavy atom. The molecule has 2 heterocycles. The van der Waals surface area contributed by atoms with Crippen molar-refractivity contribution in [2.45, 2.75) is 13.3 Å². The highest BCUT2D eigenvalue weighted by molar-refractivity contribution is 7.23. The lowest BCUT2D eigenvalue weighted by Gasteiger charge is -2.03. The van der Waals surface area contributed by atoms with Crippen LogP contribution < -0.4 is 5.73 Å². The first-order valence-corrected chi connectivity index (χ1v) is 8.25. The molecule has 22 heavy (non-hydrogen) atoms. The molecule has 2 aromatic carbocycles. The Morgan fingerprint density at radius 3 is 2.64 bits per heavy atom. The van der Waals surface area contributed by atoms with Crippen molar-refractivity contribution in [2.75, 3.05) is 6.54 Å². The van der Waals surface area contributed by atoms with Crippen molar-refractivity contribution in [3.05, 3.63) is 59.8 Å². The van der Waals surface area contributed by atoms with Crippen LogP contribution in [0.25, 0.3) is 26.4 Å². The summed E-state index contributed by atoms with van der Waals surface area (Å²) in [5, 5.41) is 0. The number of nitrogens with two attached hydrogens (primary N) is 1. The molecule has 0 atom stereocenters. The van der Waals surface area contributed by atoms with Gasteiger partial charge in [-0.05, 0) is 37.6 Å². The molecule has 0 saturated heterocycles. The van der Waals surface area contributed by atoms with Crippen LogP contribution in [0.5, 0.6) is 0 Å². The summed E-state index contributed by atoms with van der Waals surface area (Å²) in [7, 11) is 0. The van der Waals surface area contributed by atoms with Crippen molar-refractivity contribution in [1.29, 1.82) is 0 Å². The van der Waals surface area contributed by atoms with E-state index in [1.807, 2.05) is 0 Å². The predicted octanol–water partition coefficient (Wildman–Crippen LogP) is 4.03. The minimum Gasteiger partial charge on any atom is -0.330 e. The maximum atomic E-state index is 5.61. The van der Waals surface area contributed by atoms with Gasteiger partial charge in [-0.3, -0.25) is 4.40 Å². The van der Waals surface area contributed by atoms with Gasteiger partial charge in [0.05, 0.1) is 15.9 Å². The molecule has 0 spiro atoms. The number of hydrogen-bond donors (Lipinski definition) is 1. The van der Waals surface area contributed by atoms with Crippen LogP contribution in [-0.2, 0) is 6.42 Å². The van der Waals surface area contributed by atoms with Gasteiger partial charge in [-0.2, -0.15) is 0 Å². The zero-order chi connectivity index (χ0) is 15.1. The SMILES string of the molecule is Cc1c(-c2ccc(CCN)cc2)nc2sc3ccccc3n12. The lowest BCUT2D eigenvalue weighted by Crippen LogP contribution is -2.02. The second-order valence-corrected chi connectivity index (χ2v) is 6.48. The number of fused-ring (bicyclic) bond motifs is 3. The first-order chi connectivity index (χ1) is 10.8. The van der Waals surface area contributed by atoms with Gasteiger partial charge in [-0.25, -0.2) is 4.98 Å². The van der Waals surface area contributed by atoms with E-state index in [0.29, 0.717) is 6.54 Å². The zero-order valence-corrected chi connectivity index (χ0v) is 13.2. The molecule has 4 aromatic rings. The fourth-order valence-electron chi connectivity index (χ4n) is 2.92. The number of nitrogens with zero attached hydrogens (tertiary/aromatic N) is 2. The Morgan fingerprint density at radius 1 is 1.09 bits per heavy atom. The molecular weight excluding hydrogens is 290 g/mol. The maximum Gasteiger partial charge on any atom is 0.195 e. The van der Waals surface area contributed by atoms with E-state index >= 15 is 0 Å². The van der Waals surface area contributed by atoms with Crippen molar-refractivity contribution in [1.82, 2.24) is 9.38 Å². The van der Waals surface area contributed by atoms with Crippen molar-refractivity contribution in [3.8, 4) is 11.3 Å². The highest BCUT2D eigenvalue weighted by atomic mass is 32.1. The van der Waals surface area contributed by atoms with Crippen LogP contribution in [0.1, 0.15) is 11.3 Å². The average Bonchev–Trinajstić information content (AvgIpc) is 3.05. The number of thiazole rings is 1. The van der Waals surface area contributed by atoms with Crippen LogP contribution >= 0.6 is 11.3 Å². The molecule has 0 bridgehead atoms.